The van der Waals surface area contributed by atoms with Gasteiger partial charge in [0.25, 0.3) is 0 Å². The molecule has 0 atom stereocenters. The number of hydrogen-bond acceptors (Lipinski definition) is 5. The molecule has 1 N–H and O–H groups in total. The molecule has 1 fully saturated rings. The van der Waals surface area contributed by atoms with Crippen LogP contribution in [0.4, 0.5) is 5.13 Å². The third kappa shape index (κ3) is 6.12. The highest BCUT2D eigenvalue weighted by Gasteiger charge is 2.23. The third-order valence-electron chi connectivity index (χ3n) is 5.08. The molecule has 2 amide bonds. The molecule has 0 bridgehead atoms. The Kier molecular flexibility index (Phi) is 7.54. The van der Waals surface area contributed by atoms with E-state index in [0.717, 1.165) is 50.2 Å². The summed E-state index contributed by atoms with van der Waals surface area (Å²) in [5.74, 6) is 0.522. The molecule has 1 aliphatic rings. The van der Waals surface area contributed by atoms with Crippen molar-refractivity contribution in [2.24, 2.45) is 5.92 Å². The van der Waals surface area contributed by atoms with E-state index in [4.69, 9.17) is 0 Å². The van der Waals surface area contributed by atoms with Crippen LogP contribution in [-0.4, -0.2) is 40.0 Å². The van der Waals surface area contributed by atoms with Crippen molar-refractivity contribution in [1.82, 2.24) is 15.1 Å². The van der Waals surface area contributed by atoms with Crippen LogP contribution in [0.15, 0.2) is 30.3 Å². The third-order valence-corrected chi connectivity index (χ3v) is 5.98. The van der Waals surface area contributed by atoms with Gasteiger partial charge in [-0.2, -0.15) is 0 Å². The van der Waals surface area contributed by atoms with Gasteiger partial charge in [0, 0.05) is 32.4 Å². The minimum atomic E-state index is -0.175. The zero-order chi connectivity index (χ0) is 19.8. The fraction of sp³-hybridized carbons (Fsp3) is 0.524. The van der Waals surface area contributed by atoms with Gasteiger partial charge < -0.3 is 10.2 Å². The number of benzene rings is 1. The summed E-state index contributed by atoms with van der Waals surface area (Å²) < 4.78 is 0. The first-order valence-corrected chi connectivity index (χ1v) is 10.9. The monoisotopic (exact) mass is 400 g/mol. The number of piperidine rings is 1. The summed E-state index contributed by atoms with van der Waals surface area (Å²) in [6, 6.07) is 10.5. The summed E-state index contributed by atoms with van der Waals surface area (Å²) in [5, 5.41) is 12.2. The largest absolute Gasteiger partial charge is 0.343 e. The first kappa shape index (κ1) is 20.5. The number of likely N-dealkylation sites (tertiary alicyclic amines) is 1. The van der Waals surface area contributed by atoms with Gasteiger partial charge in [0.05, 0.1) is 0 Å². The zero-order valence-corrected chi connectivity index (χ0v) is 17.2. The fourth-order valence-corrected chi connectivity index (χ4v) is 4.37. The lowest BCUT2D eigenvalue weighted by molar-refractivity contribution is -0.134. The minimum Gasteiger partial charge on any atom is -0.343 e. The van der Waals surface area contributed by atoms with E-state index in [1.165, 1.54) is 16.9 Å². The second kappa shape index (κ2) is 10.3. The second-order valence-corrected chi connectivity index (χ2v) is 8.38. The molecule has 2 heterocycles. The summed E-state index contributed by atoms with van der Waals surface area (Å²) in [4.78, 5) is 26.4. The lowest BCUT2D eigenvalue weighted by Gasteiger charge is -2.32. The molecule has 28 heavy (non-hydrogen) atoms. The Hall–Kier alpha value is -2.28. The molecule has 6 nitrogen and oxygen atoms in total. The van der Waals surface area contributed by atoms with E-state index in [1.54, 1.807) is 0 Å². The fourth-order valence-electron chi connectivity index (χ4n) is 3.51. The van der Waals surface area contributed by atoms with Crippen LogP contribution in [0, 0.1) is 5.92 Å². The number of anilines is 1. The van der Waals surface area contributed by atoms with Gasteiger partial charge in [-0.3, -0.25) is 9.59 Å². The highest BCUT2D eigenvalue weighted by Crippen LogP contribution is 2.22. The highest BCUT2D eigenvalue weighted by atomic mass is 32.1. The number of rotatable bonds is 8. The van der Waals surface area contributed by atoms with E-state index in [0.29, 0.717) is 11.0 Å². The minimum absolute atomic E-state index is 0.0669. The van der Waals surface area contributed by atoms with Crippen molar-refractivity contribution in [3.8, 4) is 0 Å². The number of aryl methyl sites for hydroxylation is 1. The lowest BCUT2D eigenvalue weighted by atomic mass is 9.90. The van der Waals surface area contributed by atoms with E-state index in [-0.39, 0.29) is 24.7 Å². The van der Waals surface area contributed by atoms with Crippen LogP contribution in [0.2, 0.25) is 0 Å². The van der Waals surface area contributed by atoms with Crippen LogP contribution in [0.3, 0.4) is 0 Å². The summed E-state index contributed by atoms with van der Waals surface area (Å²) in [7, 11) is 0. The molecule has 0 unspecified atom stereocenters. The van der Waals surface area contributed by atoms with Crippen molar-refractivity contribution in [2.45, 2.75) is 51.9 Å². The molecule has 0 radical (unpaired) electrons. The molecule has 1 aliphatic heterocycles. The summed E-state index contributed by atoms with van der Waals surface area (Å²) in [5.41, 5.74) is 1.36. The number of nitrogens with one attached hydrogen (secondary N) is 1. The average Bonchev–Trinajstić information content (AvgIpc) is 3.14. The highest BCUT2D eigenvalue weighted by molar-refractivity contribution is 7.15. The molecular formula is C21H28N4O2S. The maximum absolute atomic E-state index is 12.4. The maximum atomic E-state index is 12.4. The molecule has 1 aromatic heterocycles. The number of amides is 2. The second-order valence-electron chi connectivity index (χ2n) is 7.31. The Balaban J connectivity index is 1.36. The first-order valence-electron chi connectivity index (χ1n) is 10.1. The van der Waals surface area contributed by atoms with Crippen molar-refractivity contribution in [2.75, 3.05) is 18.4 Å². The van der Waals surface area contributed by atoms with Gasteiger partial charge in [-0.05, 0) is 37.2 Å². The van der Waals surface area contributed by atoms with Gasteiger partial charge in [0.1, 0.15) is 5.01 Å². The summed E-state index contributed by atoms with van der Waals surface area (Å²) >= 11 is 1.40. The molecule has 150 valence electrons. The van der Waals surface area contributed by atoms with E-state index < -0.39 is 0 Å². The Morgan fingerprint density at radius 1 is 1.14 bits per heavy atom. The van der Waals surface area contributed by atoms with Gasteiger partial charge in [-0.15, -0.1) is 10.2 Å². The molecule has 0 saturated carbocycles. The Morgan fingerprint density at radius 2 is 1.89 bits per heavy atom. The maximum Gasteiger partial charge on any atom is 0.226 e. The molecule has 0 spiro atoms. The normalized spacial score (nSPS) is 14.8. The van der Waals surface area contributed by atoms with E-state index in [1.807, 2.05) is 11.0 Å². The van der Waals surface area contributed by atoms with Crippen LogP contribution in [-0.2, 0) is 22.4 Å². The van der Waals surface area contributed by atoms with Gasteiger partial charge in [-0.25, -0.2) is 0 Å². The standard InChI is InChI=1S/C21H28N4O2S/c1-2-6-19-23-24-21(28-19)22-18(26)9-10-20(27)25-13-11-17(12-14-25)15-16-7-4-3-5-8-16/h3-5,7-8,17H,2,6,9-15H2,1H3,(H,22,24,26). The molecule has 0 aliphatic carbocycles. The quantitative estimate of drug-likeness (QED) is 0.733. The molecule has 3 rings (SSSR count). The Bertz CT molecular complexity index is 770. The Morgan fingerprint density at radius 3 is 2.61 bits per heavy atom. The number of carbonyl (C=O) groups excluding carboxylic acids is 2. The van der Waals surface area contributed by atoms with E-state index in [2.05, 4.69) is 46.7 Å². The number of nitrogens with zero attached hydrogens (tertiary/aromatic N) is 3. The molecule has 7 heteroatoms. The predicted molar refractivity (Wildman–Crippen MR) is 111 cm³/mol. The average molecular weight is 401 g/mol. The van der Waals surface area contributed by atoms with E-state index >= 15 is 0 Å². The first-order chi connectivity index (χ1) is 13.6. The smallest absolute Gasteiger partial charge is 0.226 e. The van der Waals surface area contributed by atoms with Gasteiger partial charge >= 0.3 is 0 Å². The Labute approximate surface area is 170 Å². The van der Waals surface area contributed by atoms with Crippen LogP contribution in [0.1, 0.15) is 49.6 Å². The van der Waals surface area contributed by atoms with Crippen LogP contribution >= 0.6 is 11.3 Å². The lowest BCUT2D eigenvalue weighted by Crippen LogP contribution is -2.39. The van der Waals surface area contributed by atoms with Crippen LogP contribution in [0.25, 0.3) is 0 Å². The van der Waals surface area contributed by atoms with Crippen molar-refractivity contribution < 1.29 is 9.59 Å². The van der Waals surface area contributed by atoms with Gasteiger partial charge in [-0.1, -0.05) is 48.6 Å². The van der Waals surface area contributed by atoms with Crippen LogP contribution in [0.5, 0.6) is 0 Å². The van der Waals surface area contributed by atoms with Gasteiger partial charge in [0.2, 0.25) is 16.9 Å². The molecule has 1 aromatic carbocycles. The van der Waals surface area contributed by atoms with E-state index in [9.17, 15) is 9.59 Å². The molecule has 2 aromatic rings. The summed E-state index contributed by atoms with van der Waals surface area (Å²) in [6.45, 7) is 3.65. The van der Waals surface area contributed by atoms with Crippen molar-refractivity contribution in [3.63, 3.8) is 0 Å². The van der Waals surface area contributed by atoms with Crippen molar-refractivity contribution in [3.05, 3.63) is 40.9 Å². The number of hydrogen-bond donors (Lipinski definition) is 1. The van der Waals surface area contributed by atoms with Crippen molar-refractivity contribution in [1.29, 1.82) is 0 Å². The SMILES string of the molecule is CCCc1nnc(NC(=O)CCC(=O)N2CCC(Cc3ccccc3)CC2)s1. The topological polar surface area (TPSA) is 75.2 Å². The molecule has 1 saturated heterocycles. The number of aromatic nitrogens is 2. The van der Waals surface area contributed by atoms with Gasteiger partial charge in [0.15, 0.2) is 0 Å². The van der Waals surface area contributed by atoms with Crippen LogP contribution < -0.4 is 5.32 Å². The molecular weight excluding hydrogens is 372 g/mol. The van der Waals surface area contributed by atoms with Crippen molar-refractivity contribution >= 4 is 28.3 Å². The predicted octanol–water partition coefficient (Wildman–Crippen LogP) is 3.69. The zero-order valence-electron chi connectivity index (χ0n) is 16.4. The summed E-state index contributed by atoms with van der Waals surface area (Å²) in [6.07, 6.45) is 5.43. The number of carbonyl (C=O) groups is 2.